The summed E-state index contributed by atoms with van der Waals surface area (Å²) in [5, 5.41) is 17.4. The summed E-state index contributed by atoms with van der Waals surface area (Å²) < 4.78 is 6.79. The molecule has 0 saturated carbocycles. The van der Waals surface area contributed by atoms with Crippen molar-refractivity contribution in [1.82, 2.24) is 24.7 Å². The van der Waals surface area contributed by atoms with Gasteiger partial charge in [-0.15, -0.1) is 0 Å². The van der Waals surface area contributed by atoms with E-state index in [1.54, 1.807) is 23.3 Å². The molecule has 3 aromatic rings. The lowest BCUT2D eigenvalue weighted by Crippen LogP contribution is -2.26. The van der Waals surface area contributed by atoms with Gasteiger partial charge in [0.1, 0.15) is 5.82 Å². The number of nitrogens with one attached hydrogen (secondary N) is 1. The summed E-state index contributed by atoms with van der Waals surface area (Å²) >= 11 is 0. The lowest BCUT2D eigenvalue weighted by Gasteiger charge is -2.26. The highest BCUT2D eigenvalue weighted by Crippen LogP contribution is 2.26. The van der Waals surface area contributed by atoms with Crippen molar-refractivity contribution < 1.29 is 14.6 Å². The van der Waals surface area contributed by atoms with Gasteiger partial charge in [-0.3, -0.25) is 9.48 Å². The van der Waals surface area contributed by atoms with Crippen LogP contribution in [0.3, 0.4) is 0 Å². The molecule has 1 aliphatic heterocycles. The number of anilines is 1. The minimum atomic E-state index is -0.903. The molecule has 1 aliphatic rings. The molecule has 0 spiro atoms. The molecule has 9 nitrogen and oxygen atoms in total. The van der Waals surface area contributed by atoms with Gasteiger partial charge in [0.05, 0.1) is 19.6 Å². The van der Waals surface area contributed by atoms with Gasteiger partial charge in [-0.25, -0.2) is 15.0 Å². The van der Waals surface area contributed by atoms with Crippen LogP contribution in [0.4, 0.5) is 5.82 Å². The maximum atomic E-state index is 11.5. The number of fused-ring (bicyclic) bond motifs is 1. The molecule has 1 unspecified atom stereocenters. The Bertz CT molecular complexity index is 1020. The highest BCUT2D eigenvalue weighted by molar-refractivity contribution is 5.68. The minimum Gasteiger partial charge on any atom is -0.481 e. The molecule has 0 fully saturated rings. The lowest BCUT2D eigenvalue weighted by molar-refractivity contribution is -0.137. The molecule has 31 heavy (non-hydrogen) atoms. The summed E-state index contributed by atoms with van der Waals surface area (Å²) in [6.45, 7) is 0. The van der Waals surface area contributed by atoms with Gasteiger partial charge < -0.3 is 15.2 Å². The van der Waals surface area contributed by atoms with E-state index in [2.05, 4.69) is 31.4 Å². The van der Waals surface area contributed by atoms with Crippen molar-refractivity contribution in [2.45, 2.75) is 50.6 Å². The molecule has 0 amide bonds. The number of aryl methyl sites for hydroxylation is 2. The summed E-state index contributed by atoms with van der Waals surface area (Å²) in [5.41, 5.74) is 2.95. The van der Waals surface area contributed by atoms with Crippen molar-refractivity contribution in [3.05, 3.63) is 59.8 Å². The SMILES string of the molecule is COc1ncc(C(CC(=O)O)n2nccc2CCC[C@H]2CCc3cccnc3N2)cn1. The Labute approximate surface area is 180 Å². The van der Waals surface area contributed by atoms with Crippen LogP contribution in [-0.4, -0.2) is 49.0 Å². The molecule has 9 heteroatoms. The third-order valence-corrected chi connectivity index (χ3v) is 5.61. The molecule has 4 rings (SSSR count). The van der Waals surface area contributed by atoms with Crippen LogP contribution in [0.5, 0.6) is 6.01 Å². The van der Waals surface area contributed by atoms with Crippen molar-refractivity contribution in [2.75, 3.05) is 12.4 Å². The Hall–Kier alpha value is -3.49. The number of carboxylic acid groups (broad SMARTS) is 1. The molecule has 0 bridgehead atoms. The Kier molecular flexibility index (Phi) is 6.40. The van der Waals surface area contributed by atoms with Gasteiger partial charge in [0.15, 0.2) is 0 Å². The first-order valence-corrected chi connectivity index (χ1v) is 10.4. The van der Waals surface area contributed by atoms with Gasteiger partial charge in [-0.2, -0.15) is 5.10 Å². The average Bonchev–Trinajstić information content (AvgIpc) is 3.25. The molecular formula is C22H26N6O3. The van der Waals surface area contributed by atoms with Crippen LogP contribution in [0.1, 0.15) is 48.5 Å². The highest BCUT2D eigenvalue weighted by atomic mass is 16.5. The van der Waals surface area contributed by atoms with E-state index >= 15 is 0 Å². The maximum absolute atomic E-state index is 11.5. The van der Waals surface area contributed by atoms with Crippen molar-refractivity contribution in [3.63, 3.8) is 0 Å². The Morgan fingerprint density at radius 1 is 1.29 bits per heavy atom. The maximum Gasteiger partial charge on any atom is 0.316 e. The smallest absolute Gasteiger partial charge is 0.316 e. The summed E-state index contributed by atoms with van der Waals surface area (Å²) in [7, 11) is 1.49. The van der Waals surface area contributed by atoms with Crippen LogP contribution < -0.4 is 10.1 Å². The van der Waals surface area contributed by atoms with E-state index in [1.807, 2.05) is 18.3 Å². The summed E-state index contributed by atoms with van der Waals surface area (Å²) in [5.74, 6) is 0.0876. The number of hydrogen-bond acceptors (Lipinski definition) is 7. The molecule has 0 saturated heterocycles. The number of rotatable bonds is 9. The Morgan fingerprint density at radius 2 is 2.13 bits per heavy atom. The van der Waals surface area contributed by atoms with E-state index in [9.17, 15) is 9.90 Å². The van der Waals surface area contributed by atoms with Crippen LogP contribution in [0.25, 0.3) is 0 Å². The second-order valence-electron chi connectivity index (χ2n) is 7.67. The second kappa shape index (κ2) is 9.55. The van der Waals surface area contributed by atoms with Crippen molar-refractivity contribution >= 4 is 11.8 Å². The van der Waals surface area contributed by atoms with Crippen LogP contribution >= 0.6 is 0 Å². The molecule has 0 radical (unpaired) electrons. The zero-order chi connectivity index (χ0) is 21.6. The standard InChI is InChI=1S/C22H26N6O3/c1-31-22-24-13-16(14-25-22)19(12-20(29)30)28-18(9-11-26-28)6-2-5-17-8-7-15-4-3-10-23-21(15)27-17/h3-4,9-11,13-14,17,19H,2,5-8,12H2,1H3,(H,23,27)(H,29,30)/t17-,19?/m0/s1. The molecule has 162 valence electrons. The number of methoxy groups -OCH3 is 1. The second-order valence-corrected chi connectivity index (χ2v) is 7.67. The lowest BCUT2D eigenvalue weighted by atomic mass is 9.96. The van der Waals surface area contributed by atoms with Crippen molar-refractivity contribution in [1.29, 1.82) is 0 Å². The quantitative estimate of drug-likeness (QED) is 0.541. The van der Waals surface area contributed by atoms with Gasteiger partial charge >= 0.3 is 12.0 Å². The number of aliphatic carboxylic acids is 1. The average molecular weight is 422 g/mol. The van der Waals surface area contributed by atoms with E-state index in [-0.39, 0.29) is 12.4 Å². The fourth-order valence-corrected chi connectivity index (χ4v) is 4.05. The largest absolute Gasteiger partial charge is 0.481 e. The predicted molar refractivity (Wildman–Crippen MR) is 114 cm³/mol. The van der Waals surface area contributed by atoms with Gasteiger partial charge in [-0.05, 0) is 49.8 Å². The third-order valence-electron chi connectivity index (χ3n) is 5.61. The summed E-state index contributed by atoms with van der Waals surface area (Å²) in [6.07, 6.45) is 11.5. The van der Waals surface area contributed by atoms with E-state index in [1.165, 1.54) is 12.7 Å². The van der Waals surface area contributed by atoms with Gasteiger partial charge in [0.25, 0.3) is 0 Å². The normalized spacial score (nSPS) is 16.2. The van der Waals surface area contributed by atoms with Crippen LogP contribution in [-0.2, 0) is 17.6 Å². The monoisotopic (exact) mass is 422 g/mol. The first-order chi connectivity index (χ1) is 15.1. The first-order valence-electron chi connectivity index (χ1n) is 10.4. The highest BCUT2D eigenvalue weighted by Gasteiger charge is 2.22. The van der Waals surface area contributed by atoms with Crippen molar-refractivity contribution in [2.24, 2.45) is 0 Å². The molecule has 4 heterocycles. The van der Waals surface area contributed by atoms with Crippen LogP contribution in [0.15, 0.2) is 43.0 Å². The topological polar surface area (TPSA) is 115 Å². The first kappa shape index (κ1) is 20.8. The Balaban J connectivity index is 1.42. The molecule has 0 aromatic carbocycles. The summed E-state index contributed by atoms with van der Waals surface area (Å²) in [6, 6.07) is 6.21. The zero-order valence-electron chi connectivity index (χ0n) is 17.4. The number of carbonyl (C=O) groups is 1. The molecule has 2 atom stereocenters. The number of hydrogen-bond donors (Lipinski definition) is 2. The third kappa shape index (κ3) is 4.99. The summed E-state index contributed by atoms with van der Waals surface area (Å²) in [4.78, 5) is 24.2. The van der Waals surface area contributed by atoms with Gasteiger partial charge in [0, 0.05) is 42.1 Å². The van der Waals surface area contributed by atoms with Crippen molar-refractivity contribution in [3.8, 4) is 6.01 Å². The fraction of sp³-hybridized carbons (Fsp3) is 0.409. The molecule has 2 N–H and O–H groups in total. The minimum absolute atomic E-state index is 0.100. The molecular weight excluding hydrogens is 396 g/mol. The number of nitrogens with zero attached hydrogens (tertiary/aromatic N) is 5. The van der Waals surface area contributed by atoms with Crippen LogP contribution in [0.2, 0.25) is 0 Å². The number of ether oxygens (including phenoxy) is 1. The van der Waals surface area contributed by atoms with Crippen LogP contribution in [0, 0.1) is 0 Å². The number of carboxylic acids is 1. The van der Waals surface area contributed by atoms with Gasteiger partial charge in [-0.1, -0.05) is 6.07 Å². The molecule has 0 aliphatic carbocycles. The van der Waals surface area contributed by atoms with E-state index in [4.69, 9.17) is 4.74 Å². The molecule has 3 aromatic heterocycles. The zero-order valence-corrected chi connectivity index (χ0v) is 17.4. The fourth-order valence-electron chi connectivity index (χ4n) is 4.05. The van der Waals surface area contributed by atoms with Gasteiger partial charge in [0.2, 0.25) is 0 Å². The number of pyridine rings is 1. The van der Waals surface area contributed by atoms with E-state index in [0.29, 0.717) is 11.6 Å². The predicted octanol–water partition coefficient (Wildman–Crippen LogP) is 2.89. The van der Waals surface area contributed by atoms with E-state index in [0.717, 1.165) is 43.6 Å². The van der Waals surface area contributed by atoms with E-state index < -0.39 is 12.0 Å². The Morgan fingerprint density at radius 3 is 2.90 bits per heavy atom. The number of aromatic nitrogens is 5.